The standard InChI is InChI=1S/C25H21ClFN3O4S/c1-2-14-9-17(13-30-11-16(12-30)25(31)32)35-22(14)23-28-24(34-29-23)15-7-8-21(19(27)10-15)33-20-6-4-3-5-18(20)26/h3-10,16H,2,11-13H2,1H3,(H,31,32). The summed E-state index contributed by atoms with van der Waals surface area (Å²) in [5, 5.41) is 13.6. The largest absolute Gasteiger partial charge is 0.481 e. The zero-order chi connectivity index (χ0) is 24.5. The van der Waals surface area contributed by atoms with Crippen molar-refractivity contribution in [1.29, 1.82) is 0 Å². The predicted molar refractivity (Wildman–Crippen MR) is 130 cm³/mol. The fourth-order valence-electron chi connectivity index (χ4n) is 3.89. The molecule has 0 radical (unpaired) electrons. The highest BCUT2D eigenvalue weighted by molar-refractivity contribution is 7.15. The number of nitrogens with zero attached hydrogens (tertiary/aromatic N) is 3. The third kappa shape index (κ3) is 4.93. The Balaban J connectivity index is 1.33. The molecule has 0 bridgehead atoms. The molecule has 35 heavy (non-hydrogen) atoms. The van der Waals surface area contributed by atoms with Crippen LogP contribution in [0.3, 0.4) is 0 Å². The Bertz CT molecular complexity index is 1380. The first-order valence-corrected chi connectivity index (χ1v) is 12.2. The molecule has 1 fully saturated rings. The highest BCUT2D eigenvalue weighted by atomic mass is 35.5. The molecule has 2 aromatic heterocycles. The summed E-state index contributed by atoms with van der Waals surface area (Å²) in [5.41, 5.74) is 1.52. The summed E-state index contributed by atoms with van der Waals surface area (Å²) in [6.45, 7) is 3.84. The van der Waals surface area contributed by atoms with Gasteiger partial charge in [-0.3, -0.25) is 9.69 Å². The van der Waals surface area contributed by atoms with Crippen LogP contribution in [0.2, 0.25) is 5.02 Å². The molecule has 2 aromatic carbocycles. The normalized spacial score (nSPS) is 14.1. The van der Waals surface area contributed by atoms with Crippen molar-refractivity contribution in [2.45, 2.75) is 19.9 Å². The van der Waals surface area contributed by atoms with Gasteiger partial charge in [0.2, 0.25) is 5.82 Å². The summed E-state index contributed by atoms with van der Waals surface area (Å²) >= 11 is 7.65. The summed E-state index contributed by atoms with van der Waals surface area (Å²) < 4.78 is 25.8. The van der Waals surface area contributed by atoms with Gasteiger partial charge in [-0.15, -0.1) is 11.3 Å². The summed E-state index contributed by atoms with van der Waals surface area (Å²) in [5.74, 6) is -0.580. The molecule has 1 saturated heterocycles. The van der Waals surface area contributed by atoms with E-state index in [-0.39, 0.29) is 17.6 Å². The average Bonchev–Trinajstić information content (AvgIpc) is 3.45. The van der Waals surface area contributed by atoms with Crippen molar-refractivity contribution in [3.63, 3.8) is 0 Å². The number of halogens is 2. The Kier molecular flexibility index (Phi) is 6.55. The molecule has 0 unspecified atom stereocenters. The summed E-state index contributed by atoms with van der Waals surface area (Å²) in [6.07, 6.45) is 0.788. The van der Waals surface area contributed by atoms with Gasteiger partial charge in [-0.1, -0.05) is 35.8 Å². The molecule has 0 saturated carbocycles. The van der Waals surface area contributed by atoms with Gasteiger partial charge < -0.3 is 14.4 Å². The molecule has 1 N–H and O–H groups in total. The Morgan fingerprint density at radius 3 is 2.77 bits per heavy atom. The van der Waals surface area contributed by atoms with E-state index in [1.165, 1.54) is 12.1 Å². The Morgan fingerprint density at radius 2 is 2.06 bits per heavy atom. The molecule has 3 heterocycles. The van der Waals surface area contributed by atoms with Gasteiger partial charge in [0.05, 0.1) is 15.8 Å². The van der Waals surface area contributed by atoms with Gasteiger partial charge >= 0.3 is 5.97 Å². The summed E-state index contributed by atoms with van der Waals surface area (Å²) in [6, 6.07) is 13.4. The van der Waals surface area contributed by atoms with E-state index in [0.29, 0.717) is 41.8 Å². The average molecular weight is 514 g/mol. The van der Waals surface area contributed by atoms with E-state index in [0.717, 1.165) is 21.7 Å². The molecule has 1 aliphatic heterocycles. The van der Waals surface area contributed by atoms with Crippen molar-refractivity contribution in [2.75, 3.05) is 13.1 Å². The zero-order valence-electron chi connectivity index (χ0n) is 18.7. The Labute approximate surface area is 209 Å². The smallest absolute Gasteiger partial charge is 0.309 e. The van der Waals surface area contributed by atoms with Crippen LogP contribution in [0.1, 0.15) is 17.4 Å². The molecule has 1 aliphatic rings. The van der Waals surface area contributed by atoms with Crippen LogP contribution in [0.5, 0.6) is 11.5 Å². The monoisotopic (exact) mass is 513 g/mol. The van der Waals surface area contributed by atoms with Gasteiger partial charge in [-0.2, -0.15) is 4.98 Å². The van der Waals surface area contributed by atoms with Crippen LogP contribution in [0.25, 0.3) is 22.2 Å². The van der Waals surface area contributed by atoms with Crippen molar-refractivity contribution >= 4 is 28.9 Å². The first-order valence-electron chi connectivity index (χ1n) is 11.0. The predicted octanol–water partition coefficient (Wildman–Crippen LogP) is 6.13. The molecule has 7 nitrogen and oxygen atoms in total. The fourth-order valence-corrected chi connectivity index (χ4v) is 5.28. The Hall–Kier alpha value is -3.27. The highest BCUT2D eigenvalue weighted by Gasteiger charge is 2.32. The fraction of sp³-hybridized carbons (Fsp3) is 0.240. The van der Waals surface area contributed by atoms with E-state index < -0.39 is 11.8 Å². The number of hydrogen-bond donors (Lipinski definition) is 1. The van der Waals surface area contributed by atoms with Gasteiger partial charge in [-0.05, 0) is 48.4 Å². The van der Waals surface area contributed by atoms with Gasteiger partial charge in [0, 0.05) is 30.1 Å². The second-order valence-corrected chi connectivity index (χ2v) is 9.79. The third-order valence-corrected chi connectivity index (χ3v) is 7.26. The molecule has 0 spiro atoms. The number of carboxylic acids is 1. The summed E-state index contributed by atoms with van der Waals surface area (Å²) in [7, 11) is 0. The molecule has 10 heteroatoms. The number of thiophene rings is 1. The lowest BCUT2D eigenvalue weighted by Crippen LogP contribution is -2.49. The van der Waals surface area contributed by atoms with E-state index in [1.807, 2.05) is 6.92 Å². The number of aliphatic carboxylic acids is 1. The number of hydrogen-bond acceptors (Lipinski definition) is 7. The van der Waals surface area contributed by atoms with Gasteiger partial charge in [-0.25, -0.2) is 4.39 Å². The van der Waals surface area contributed by atoms with Gasteiger partial charge in [0.1, 0.15) is 5.75 Å². The van der Waals surface area contributed by atoms with Crippen molar-refractivity contribution in [1.82, 2.24) is 15.0 Å². The number of benzene rings is 2. The maximum atomic E-state index is 14.7. The maximum Gasteiger partial charge on any atom is 0.309 e. The molecule has 5 rings (SSSR count). The van der Waals surface area contributed by atoms with E-state index in [9.17, 15) is 9.18 Å². The maximum absolute atomic E-state index is 14.7. The zero-order valence-corrected chi connectivity index (χ0v) is 20.3. The molecular formula is C25H21ClFN3O4S. The van der Waals surface area contributed by atoms with Crippen LogP contribution >= 0.6 is 22.9 Å². The second kappa shape index (κ2) is 9.77. The van der Waals surface area contributed by atoms with Crippen LogP contribution in [-0.2, 0) is 17.8 Å². The van der Waals surface area contributed by atoms with Crippen LogP contribution in [0.15, 0.2) is 53.1 Å². The number of carbonyl (C=O) groups is 1. The number of carboxylic acid groups (broad SMARTS) is 1. The van der Waals surface area contributed by atoms with Gasteiger partial charge in [0.25, 0.3) is 5.89 Å². The molecule has 0 amide bonds. The van der Waals surface area contributed by atoms with Crippen molar-refractivity contribution in [2.24, 2.45) is 5.92 Å². The highest BCUT2D eigenvalue weighted by Crippen LogP contribution is 2.36. The van der Waals surface area contributed by atoms with Crippen LogP contribution in [0.4, 0.5) is 4.39 Å². The van der Waals surface area contributed by atoms with Crippen molar-refractivity contribution in [3.8, 4) is 33.7 Å². The molecular weight excluding hydrogens is 493 g/mol. The number of aromatic nitrogens is 2. The molecule has 4 aromatic rings. The quantitative estimate of drug-likeness (QED) is 0.303. The number of aryl methyl sites for hydroxylation is 1. The topological polar surface area (TPSA) is 88.7 Å². The minimum Gasteiger partial charge on any atom is -0.481 e. The lowest BCUT2D eigenvalue weighted by molar-refractivity contribution is -0.147. The third-order valence-electron chi connectivity index (χ3n) is 5.79. The first-order chi connectivity index (χ1) is 16.9. The first kappa shape index (κ1) is 23.5. The number of likely N-dealkylation sites (tertiary alicyclic amines) is 1. The lowest BCUT2D eigenvalue weighted by Gasteiger charge is -2.36. The van der Waals surface area contributed by atoms with Crippen molar-refractivity contribution < 1.29 is 23.6 Å². The van der Waals surface area contributed by atoms with E-state index in [2.05, 4.69) is 21.1 Å². The molecule has 180 valence electrons. The number of para-hydroxylation sites is 1. The number of ether oxygens (including phenoxy) is 1. The van der Waals surface area contributed by atoms with E-state index >= 15 is 0 Å². The molecule has 0 atom stereocenters. The van der Waals surface area contributed by atoms with Crippen LogP contribution < -0.4 is 4.74 Å². The second-order valence-electron chi connectivity index (χ2n) is 8.25. The van der Waals surface area contributed by atoms with Gasteiger partial charge in [0.15, 0.2) is 11.6 Å². The minimum atomic E-state index is -0.749. The SMILES string of the molecule is CCc1cc(CN2CC(C(=O)O)C2)sc1-c1noc(-c2ccc(Oc3ccccc3Cl)c(F)c2)n1. The van der Waals surface area contributed by atoms with Crippen LogP contribution in [0, 0.1) is 11.7 Å². The molecule has 0 aliphatic carbocycles. The lowest BCUT2D eigenvalue weighted by atomic mass is 10.0. The van der Waals surface area contributed by atoms with E-state index in [1.54, 1.807) is 41.7 Å². The summed E-state index contributed by atoms with van der Waals surface area (Å²) in [4.78, 5) is 19.6. The minimum absolute atomic E-state index is 0.0360. The number of rotatable bonds is 8. The Morgan fingerprint density at radius 1 is 1.26 bits per heavy atom. The van der Waals surface area contributed by atoms with Crippen molar-refractivity contribution in [3.05, 3.63) is 69.8 Å². The van der Waals surface area contributed by atoms with E-state index in [4.69, 9.17) is 26.0 Å². The van der Waals surface area contributed by atoms with Crippen LogP contribution in [-0.4, -0.2) is 39.2 Å².